The lowest BCUT2D eigenvalue weighted by Crippen LogP contribution is -2.44. The van der Waals surface area contributed by atoms with Crippen LogP contribution in [0.25, 0.3) is 0 Å². The second-order valence-corrected chi connectivity index (χ2v) is 5.15. The van der Waals surface area contributed by atoms with Gasteiger partial charge in [-0.2, -0.15) is 0 Å². The molecule has 1 atom stereocenters. The Morgan fingerprint density at radius 3 is 2.88 bits per heavy atom. The number of carbonyl (C=O) groups is 1. The van der Waals surface area contributed by atoms with E-state index in [9.17, 15) is 4.79 Å². The van der Waals surface area contributed by atoms with E-state index in [1.54, 1.807) is 0 Å². The lowest BCUT2D eigenvalue weighted by molar-refractivity contribution is -0.131. The molecule has 1 amide bonds. The number of nitrogens with zero attached hydrogens (tertiary/aromatic N) is 1. The Balaban J connectivity index is 1.86. The van der Waals surface area contributed by atoms with Gasteiger partial charge in [-0.15, -0.1) is 0 Å². The van der Waals surface area contributed by atoms with E-state index in [-0.39, 0.29) is 0 Å². The predicted octanol–water partition coefficient (Wildman–Crippen LogP) is 1.78. The van der Waals surface area contributed by atoms with Gasteiger partial charge in [0, 0.05) is 25.6 Å². The predicted molar refractivity (Wildman–Crippen MR) is 65.2 cm³/mol. The molecule has 3 nitrogen and oxygen atoms in total. The highest BCUT2D eigenvalue weighted by Crippen LogP contribution is 2.33. The third-order valence-electron chi connectivity index (χ3n) is 3.75. The van der Waals surface area contributed by atoms with Crippen LogP contribution in [0.3, 0.4) is 0 Å². The van der Waals surface area contributed by atoms with E-state index in [0.717, 1.165) is 38.4 Å². The molecule has 1 saturated carbocycles. The van der Waals surface area contributed by atoms with Crippen molar-refractivity contribution < 1.29 is 4.79 Å². The van der Waals surface area contributed by atoms with Gasteiger partial charge in [0.1, 0.15) is 0 Å². The van der Waals surface area contributed by atoms with Gasteiger partial charge in [-0.1, -0.05) is 13.3 Å². The number of rotatable bonds is 5. The highest BCUT2D eigenvalue weighted by molar-refractivity contribution is 5.76. The van der Waals surface area contributed by atoms with Crippen LogP contribution in [0.1, 0.15) is 45.4 Å². The van der Waals surface area contributed by atoms with Crippen LogP contribution in [0.2, 0.25) is 0 Å². The number of carbonyl (C=O) groups excluding carboxylic acids is 1. The van der Waals surface area contributed by atoms with Crippen LogP contribution < -0.4 is 5.32 Å². The van der Waals surface area contributed by atoms with Gasteiger partial charge >= 0.3 is 0 Å². The molecule has 92 valence electrons. The maximum atomic E-state index is 11.9. The van der Waals surface area contributed by atoms with Gasteiger partial charge in [0.15, 0.2) is 0 Å². The highest BCUT2D eigenvalue weighted by atomic mass is 16.2. The van der Waals surface area contributed by atoms with Gasteiger partial charge in [0.25, 0.3) is 0 Å². The minimum absolute atomic E-state index is 0.376. The molecule has 2 fully saturated rings. The monoisotopic (exact) mass is 224 g/mol. The molecule has 16 heavy (non-hydrogen) atoms. The average molecular weight is 224 g/mol. The molecule has 1 unspecified atom stereocenters. The Morgan fingerprint density at radius 1 is 1.38 bits per heavy atom. The second kappa shape index (κ2) is 5.67. The SMILES string of the molecule is CCNC(CN1CCCCCC1=O)C1CC1. The molecule has 0 aromatic rings. The van der Waals surface area contributed by atoms with Gasteiger partial charge in [0.2, 0.25) is 5.91 Å². The Labute approximate surface area is 98.6 Å². The topological polar surface area (TPSA) is 32.3 Å². The standard InChI is InChI=1S/C13H24N2O/c1-2-14-12(11-7-8-11)10-15-9-5-3-4-6-13(15)16/h11-12,14H,2-10H2,1H3. The quantitative estimate of drug-likeness (QED) is 0.772. The first-order chi connectivity index (χ1) is 7.81. The zero-order valence-electron chi connectivity index (χ0n) is 10.4. The summed E-state index contributed by atoms with van der Waals surface area (Å²) in [6, 6.07) is 0.548. The zero-order valence-corrected chi connectivity index (χ0v) is 10.4. The Kier molecular flexibility index (Phi) is 4.22. The van der Waals surface area contributed by atoms with Crippen LogP contribution in [0.15, 0.2) is 0 Å². The van der Waals surface area contributed by atoms with Crippen molar-refractivity contribution in [1.82, 2.24) is 10.2 Å². The second-order valence-electron chi connectivity index (χ2n) is 5.15. The highest BCUT2D eigenvalue weighted by Gasteiger charge is 2.32. The number of nitrogens with one attached hydrogen (secondary N) is 1. The normalized spacial score (nSPS) is 24.3. The first-order valence-corrected chi connectivity index (χ1v) is 6.82. The molecule has 1 aliphatic carbocycles. The Hall–Kier alpha value is -0.570. The van der Waals surface area contributed by atoms with Crippen molar-refractivity contribution in [2.75, 3.05) is 19.6 Å². The Bertz CT molecular complexity index is 238. The van der Waals surface area contributed by atoms with Crippen LogP contribution in [0.5, 0.6) is 0 Å². The molecule has 0 radical (unpaired) electrons. The molecule has 1 heterocycles. The van der Waals surface area contributed by atoms with E-state index in [1.807, 2.05) is 0 Å². The summed E-state index contributed by atoms with van der Waals surface area (Å²) in [6.45, 7) is 5.09. The van der Waals surface area contributed by atoms with E-state index >= 15 is 0 Å². The molecule has 0 aromatic carbocycles. The van der Waals surface area contributed by atoms with Gasteiger partial charge in [-0.05, 0) is 38.1 Å². The summed E-state index contributed by atoms with van der Waals surface area (Å²) in [5, 5.41) is 3.54. The molecule has 1 N–H and O–H groups in total. The zero-order chi connectivity index (χ0) is 11.4. The first-order valence-electron chi connectivity index (χ1n) is 6.82. The minimum Gasteiger partial charge on any atom is -0.341 e. The summed E-state index contributed by atoms with van der Waals surface area (Å²) < 4.78 is 0. The summed E-state index contributed by atoms with van der Waals surface area (Å²) in [7, 11) is 0. The van der Waals surface area contributed by atoms with Crippen molar-refractivity contribution in [3.05, 3.63) is 0 Å². The number of likely N-dealkylation sites (tertiary alicyclic amines) is 1. The molecule has 1 saturated heterocycles. The van der Waals surface area contributed by atoms with Gasteiger partial charge < -0.3 is 10.2 Å². The number of hydrogen-bond acceptors (Lipinski definition) is 2. The van der Waals surface area contributed by atoms with Crippen LogP contribution in [-0.4, -0.2) is 36.5 Å². The largest absolute Gasteiger partial charge is 0.341 e. The van der Waals surface area contributed by atoms with E-state index in [1.165, 1.54) is 25.7 Å². The van der Waals surface area contributed by atoms with Crippen molar-refractivity contribution in [2.24, 2.45) is 5.92 Å². The van der Waals surface area contributed by atoms with Gasteiger partial charge in [-0.25, -0.2) is 0 Å². The molecule has 1 aliphatic heterocycles. The lowest BCUT2D eigenvalue weighted by atomic mass is 10.1. The summed E-state index contributed by atoms with van der Waals surface area (Å²) in [4.78, 5) is 14.0. The average Bonchev–Trinajstić information content (AvgIpc) is 3.07. The summed E-state index contributed by atoms with van der Waals surface area (Å²) in [6.07, 6.45) is 6.96. The van der Waals surface area contributed by atoms with Crippen LogP contribution in [-0.2, 0) is 4.79 Å². The molecule has 0 spiro atoms. The van der Waals surface area contributed by atoms with E-state index < -0.39 is 0 Å². The maximum Gasteiger partial charge on any atom is 0.222 e. The third kappa shape index (κ3) is 3.21. The fourth-order valence-corrected chi connectivity index (χ4v) is 2.61. The van der Waals surface area contributed by atoms with Crippen molar-refractivity contribution in [3.63, 3.8) is 0 Å². The van der Waals surface area contributed by atoms with E-state index in [0.29, 0.717) is 11.9 Å². The number of likely N-dealkylation sites (N-methyl/N-ethyl adjacent to an activating group) is 1. The van der Waals surface area contributed by atoms with Crippen molar-refractivity contribution >= 4 is 5.91 Å². The first kappa shape index (κ1) is 11.9. The summed E-state index contributed by atoms with van der Waals surface area (Å²) in [5.41, 5.74) is 0. The lowest BCUT2D eigenvalue weighted by Gasteiger charge is -2.27. The number of amides is 1. The molecular formula is C13H24N2O. The molecule has 2 aliphatic rings. The molecule has 0 bridgehead atoms. The smallest absolute Gasteiger partial charge is 0.222 e. The molecule has 3 heteroatoms. The third-order valence-corrected chi connectivity index (χ3v) is 3.75. The fourth-order valence-electron chi connectivity index (χ4n) is 2.61. The molecule has 0 aromatic heterocycles. The van der Waals surface area contributed by atoms with E-state index in [2.05, 4.69) is 17.1 Å². The van der Waals surface area contributed by atoms with Crippen LogP contribution in [0.4, 0.5) is 0 Å². The summed E-state index contributed by atoms with van der Waals surface area (Å²) >= 11 is 0. The minimum atomic E-state index is 0.376. The van der Waals surface area contributed by atoms with Crippen LogP contribution >= 0.6 is 0 Å². The maximum absolute atomic E-state index is 11.9. The van der Waals surface area contributed by atoms with Crippen LogP contribution in [0, 0.1) is 5.92 Å². The Morgan fingerprint density at radius 2 is 2.19 bits per heavy atom. The van der Waals surface area contributed by atoms with Crippen molar-refractivity contribution in [3.8, 4) is 0 Å². The number of hydrogen-bond donors (Lipinski definition) is 1. The van der Waals surface area contributed by atoms with Crippen molar-refractivity contribution in [2.45, 2.75) is 51.5 Å². The van der Waals surface area contributed by atoms with Gasteiger partial charge in [0.05, 0.1) is 0 Å². The molecule has 2 rings (SSSR count). The van der Waals surface area contributed by atoms with Crippen molar-refractivity contribution in [1.29, 1.82) is 0 Å². The molecular weight excluding hydrogens is 200 g/mol. The van der Waals surface area contributed by atoms with Gasteiger partial charge in [-0.3, -0.25) is 4.79 Å². The fraction of sp³-hybridized carbons (Fsp3) is 0.923. The summed E-state index contributed by atoms with van der Waals surface area (Å²) in [5.74, 6) is 1.21. The van der Waals surface area contributed by atoms with E-state index in [4.69, 9.17) is 0 Å².